The first-order valence-corrected chi connectivity index (χ1v) is 8.88. The zero-order valence-electron chi connectivity index (χ0n) is 15.1. The SMILES string of the molecule is COc1ccc(CNC(=O)[C@@H](C)N2CCCCCCC2)cc1OC. The summed E-state index contributed by atoms with van der Waals surface area (Å²) in [5, 5.41) is 3.04. The van der Waals surface area contributed by atoms with Crippen molar-refractivity contribution in [3.05, 3.63) is 23.8 Å². The highest BCUT2D eigenvalue weighted by Gasteiger charge is 2.21. The molecule has 1 aromatic carbocycles. The van der Waals surface area contributed by atoms with Gasteiger partial charge in [0.2, 0.25) is 5.91 Å². The van der Waals surface area contributed by atoms with Crippen LogP contribution >= 0.6 is 0 Å². The predicted molar refractivity (Wildman–Crippen MR) is 95.5 cm³/mol. The van der Waals surface area contributed by atoms with E-state index in [9.17, 15) is 4.79 Å². The molecule has 0 bridgehead atoms. The third kappa shape index (κ3) is 5.13. The van der Waals surface area contributed by atoms with Gasteiger partial charge in [-0.1, -0.05) is 25.3 Å². The molecule has 1 saturated heterocycles. The van der Waals surface area contributed by atoms with E-state index in [1.165, 1.54) is 32.1 Å². The van der Waals surface area contributed by atoms with Crippen LogP contribution < -0.4 is 14.8 Å². The summed E-state index contributed by atoms with van der Waals surface area (Å²) in [5.41, 5.74) is 1.00. The zero-order valence-corrected chi connectivity index (χ0v) is 15.1. The first-order valence-electron chi connectivity index (χ1n) is 8.88. The number of carbonyl (C=O) groups is 1. The maximum atomic E-state index is 12.5. The van der Waals surface area contributed by atoms with Gasteiger partial charge in [0.1, 0.15) is 0 Å². The zero-order chi connectivity index (χ0) is 17.4. The van der Waals surface area contributed by atoms with Gasteiger partial charge in [0.15, 0.2) is 11.5 Å². The molecular weight excluding hydrogens is 304 g/mol. The van der Waals surface area contributed by atoms with Crippen molar-refractivity contribution in [2.24, 2.45) is 0 Å². The minimum absolute atomic E-state index is 0.0803. The van der Waals surface area contributed by atoms with Crippen molar-refractivity contribution < 1.29 is 14.3 Å². The van der Waals surface area contributed by atoms with Crippen molar-refractivity contribution in [1.82, 2.24) is 10.2 Å². The second-order valence-corrected chi connectivity index (χ2v) is 6.39. The van der Waals surface area contributed by atoms with Gasteiger partial charge in [0, 0.05) is 6.54 Å². The average molecular weight is 334 g/mol. The summed E-state index contributed by atoms with van der Waals surface area (Å²) in [6.07, 6.45) is 6.25. The number of hydrogen-bond acceptors (Lipinski definition) is 4. The number of carbonyl (C=O) groups excluding carboxylic acids is 1. The van der Waals surface area contributed by atoms with Crippen LogP contribution in [0.4, 0.5) is 0 Å². The molecule has 134 valence electrons. The second kappa shape index (κ2) is 9.52. The van der Waals surface area contributed by atoms with E-state index < -0.39 is 0 Å². The first kappa shape index (κ1) is 18.6. The van der Waals surface area contributed by atoms with Crippen molar-refractivity contribution in [3.63, 3.8) is 0 Å². The monoisotopic (exact) mass is 334 g/mol. The number of benzene rings is 1. The minimum atomic E-state index is -0.0803. The molecule has 1 N–H and O–H groups in total. The topological polar surface area (TPSA) is 50.8 Å². The Morgan fingerprint density at radius 2 is 1.71 bits per heavy atom. The van der Waals surface area contributed by atoms with Gasteiger partial charge in [-0.2, -0.15) is 0 Å². The van der Waals surface area contributed by atoms with E-state index in [1.807, 2.05) is 25.1 Å². The summed E-state index contributed by atoms with van der Waals surface area (Å²) in [6, 6.07) is 5.63. The fourth-order valence-electron chi connectivity index (χ4n) is 3.15. The Morgan fingerprint density at radius 1 is 1.08 bits per heavy atom. The van der Waals surface area contributed by atoms with E-state index in [-0.39, 0.29) is 11.9 Å². The summed E-state index contributed by atoms with van der Waals surface area (Å²) in [4.78, 5) is 14.8. The standard InChI is InChI=1S/C19H30N2O3/c1-15(21-11-7-5-4-6-8-12-21)19(22)20-14-16-9-10-17(23-2)18(13-16)24-3/h9-10,13,15H,4-8,11-12,14H2,1-3H3,(H,20,22)/t15-/m1/s1. The Kier molecular flexibility index (Phi) is 7.37. The lowest BCUT2D eigenvalue weighted by Gasteiger charge is -2.29. The molecular formula is C19H30N2O3. The largest absolute Gasteiger partial charge is 0.493 e. The number of hydrogen-bond donors (Lipinski definition) is 1. The van der Waals surface area contributed by atoms with Gasteiger partial charge in [-0.3, -0.25) is 9.69 Å². The first-order chi connectivity index (χ1) is 11.7. The Labute approximate surface area is 145 Å². The summed E-state index contributed by atoms with van der Waals surface area (Å²) in [7, 11) is 3.23. The van der Waals surface area contributed by atoms with Gasteiger partial charge in [0.25, 0.3) is 0 Å². The third-order valence-corrected chi connectivity index (χ3v) is 4.73. The number of likely N-dealkylation sites (tertiary alicyclic amines) is 1. The van der Waals surface area contributed by atoms with Crippen molar-refractivity contribution in [2.45, 2.75) is 51.6 Å². The molecule has 5 heteroatoms. The molecule has 0 aliphatic carbocycles. The van der Waals surface area contributed by atoms with Crippen LogP contribution in [-0.4, -0.2) is 44.2 Å². The highest BCUT2D eigenvalue weighted by molar-refractivity contribution is 5.81. The molecule has 24 heavy (non-hydrogen) atoms. The molecule has 0 spiro atoms. The lowest BCUT2D eigenvalue weighted by molar-refractivity contribution is -0.126. The molecule has 1 aliphatic rings. The fraction of sp³-hybridized carbons (Fsp3) is 0.632. The van der Waals surface area contributed by atoms with Crippen molar-refractivity contribution in [2.75, 3.05) is 27.3 Å². The molecule has 1 amide bonds. The van der Waals surface area contributed by atoms with E-state index in [0.29, 0.717) is 18.0 Å². The van der Waals surface area contributed by atoms with Crippen molar-refractivity contribution in [3.8, 4) is 11.5 Å². The fourth-order valence-corrected chi connectivity index (χ4v) is 3.15. The number of rotatable bonds is 6. The van der Waals surface area contributed by atoms with Gasteiger partial charge in [-0.15, -0.1) is 0 Å². The Bertz CT molecular complexity index is 525. The van der Waals surface area contributed by atoms with Gasteiger partial charge in [-0.05, 0) is 50.6 Å². The molecule has 1 aromatic rings. The van der Waals surface area contributed by atoms with Crippen molar-refractivity contribution in [1.29, 1.82) is 0 Å². The minimum Gasteiger partial charge on any atom is -0.493 e. The summed E-state index contributed by atoms with van der Waals surface area (Å²) >= 11 is 0. The summed E-state index contributed by atoms with van der Waals surface area (Å²) in [5.74, 6) is 1.47. The smallest absolute Gasteiger partial charge is 0.237 e. The van der Waals surface area contributed by atoms with Crippen LogP contribution in [0.15, 0.2) is 18.2 Å². The van der Waals surface area contributed by atoms with E-state index in [2.05, 4.69) is 10.2 Å². The molecule has 0 radical (unpaired) electrons. The van der Waals surface area contributed by atoms with Crippen LogP contribution in [0, 0.1) is 0 Å². The van der Waals surface area contributed by atoms with Gasteiger partial charge in [-0.25, -0.2) is 0 Å². The van der Waals surface area contributed by atoms with Gasteiger partial charge < -0.3 is 14.8 Å². The van der Waals surface area contributed by atoms with Crippen LogP contribution in [0.3, 0.4) is 0 Å². The number of methoxy groups -OCH3 is 2. The molecule has 1 atom stereocenters. The molecule has 0 saturated carbocycles. The summed E-state index contributed by atoms with van der Waals surface area (Å²) in [6.45, 7) is 4.54. The normalized spacial score (nSPS) is 17.5. The molecule has 1 aliphatic heterocycles. The molecule has 0 unspecified atom stereocenters. The van der Waals surface area contributed by atoms with Crippen LogP contribution in [0.1, 0.15) is 44.6 Å². The number of nitrogens with one attached hydrogen (secondary N) is 1. The number of ether oxygens (including phenoxy) is 2. The molecule has 5 nitrogen and oxygen atoms in total. The highest BCUT2D eigenvalue weighted by Crippen LogP contribution is 2.27. The highest BCUT2D eigenvalue weighted by atomic mass is 16.5. The molecule has 0 aromatic heterocycles. The Hall–Kier alpha value is -1.75. The van der Waals surface area contributed by atoms with E-state index in [4.69, 9.17) is 9.47 Å². The van der Waals surface area contributed by atoms with Crippen LogP contribution in [0.5, 0.6) is 11.5 Å². The van der Waals surface area contributed by atoms with Crippen LogP contribution in [-0.2, 0) is 11.3 Å². The van der Waals surface area contributed by atoms with E-state index in [0.717, 1.165) is 18.7 Å². The third-order valence-electron chi connectivity index (χ3n) is 4.73. The predicted octanol–water partition coefficient (Wildman–Crippen LogP) is 2.97. The molecule has 1 heterocycles. The number of amides is 1. The van der Waals surface area contributed by atoms with E-state index >= 15 is 0 Å². The average Bonchev–Trinajstić information content (AvgIpc) is 2.58. The maximum absolute atomic E-state index is 12.5. The van der Waals surface area contributed by atoms with Crippen molar-refractivity contribution >= 4 is 5.91 Å². The second-order valence-electron chi connectivity index (χ2n) is 6.39. The van der Waals surface area contributed by atoms with Gasteiger partial charge >= 0.3 is 0 Å². The van der Waals surface area contributed by atoms with E-state index in [1.54, 1.807) is 14.2 Å². The molecule has 1 fully saturated rings. The van der Waals surface area contributed by atoms with Crippen LogP contribution in [0.2, 0.25) is 0 Å². The lowest BCUT2D eigenvalue weighted by Crippen LogP contribution is -2.46. The maximum Gasteiger partial charge on any atom is 0.237 e. The van der Waals surface area contributed by atoms with Gasteiger partial charge in [0.05, 0.1) is 20.3 Å². The quantitative estimate of drug-likeness (QED) is 0.869. The Balaban J connectivity index is 1.89. The van der Waals surface area contributed by atoms with Crippen LogP contribution in [0.25, 0.3) is 0 Å². The Morgan fingerprint density at radius 3 is 2.33 bits per heavy atom. The summed E-state index contributed by atoms with van der Waals surface area (Å²) < 4.78 is 10.5. The lowest BCUT2D eigenvalue weighted by atomic mass is 10.1. The number of nitrogens with zero attached hydrogens (tertiary/aromatic N) is 1. The molecule has 2 rings (SSSR count).